The molecule has 0 spiro atoms. The highest BCUT2D eigenvalue weighted by atomic mass is 35.6. The van der Waals surface area contributed by atoms with E-state index in [9.17, 15) is 39.9 Å². The number of piperidine rings is 1. The molecule has 0 bridgehead atoms. The molecule has 4 aromatic heterocycles. The Labute approximate surface area is 657 Å². The third-order valence-electron chi connectivity index (χ3n) is 23.8. The summed E-state index contributed by atoms with van der Waals surface area (Å²) in [6.07, 6.45) is 30.3. The molecule has 18 nitrogen and oxygen atoms in total. The van der Waals surface area contributed by atoms with Crippen molar-refractivity contribution < 1.29 is 29.1 Å². The van der Waals surface area contributed by atoms with Crippen LogP contribution in [0.2, 0.25) is 49.9 Å². The van der Waals surface area contributed by atoms with Crippen LogP contribution in [-0.2, 0) is 9.53 Å². The van der Waals surface area contributed by atoms with Crippen molar-refractivity contribution in [2.24, 2.45) is 0 Å². The summed E-state index contributed by atoms with van der Waals surface area (Å²) in [6.45, 7) is 48.8. The van der Waals surface area contributed by atoms with Crippen molar-refractivity contribution in [3.05, 3.63) is 163 Å². The van der Waals surface area contributed by atoms with Gasteiger partial charge in [-0.15, -0.1) is 0 Å². The molecule has 22 heteroatoms. The summed E-state index contributed by atoms with van der Waals surface area (Å²) in [5.74, 6) is 0.958. The number of carbonyl (C=O) groups is 2. The largest absolute Gasteiger partial charge is 0.444 e. The summed E-state index contributed by atoms with van der Waals surface area (Å²) in [5.41, 5.74) is 23.8. The highest BCUT2D eigenvalue weighted by molar-refractivity contribution is 7.22. The first-order valence-electron chi connectivity index (χ1n) is 40.5. The van der Waals surface area contributed by atoms with E-state index in [1.165, 1.54) is 108 Å². The molecule has 4 aromatic carbocycles. The second-order valence-electron chi connectivity index (χ2n) is 34.6. The highest BCUT2D eigenvalue weighted by Gasteiger charge is 2.48. The van der Waals surface area contributed by atoms with Crippen LogP contribution < -0.4 is 5.73 Å². The summed E-state index contributed by atoms with van der Waals surface area (Å²) >= 11 is 6.68. The zero-order chi connectivity index (χ0) is 80.8. The molecule has 596 valence electrons. The van der Waals surface area contributed by atoms with Crippen LogP contribution in [-0.4, -0.2) is 92.5 Å². The maximum Gasteiger partial charge on any atom is 0.410 e. The number of Topliss-reactive ketones (excluding diaryl/α,β-unsaturated/α-hetero) is 1. The molecule has 1 saturated carbocycles. The lowest BCUT2D eigenvalue weighted by atomic mass is 9.84. The van der Waals surface area contributed by atoms with Gasteiger partial charge in [-0.2, -0.15) is 11.1 Å². The number of nitrogen functional groups attached to an aromatic ring is 1. The zero-order valence-electron chi connectivity index (χ0n) is 69.6. The van der Waals surface area contributed by atoms with E-state index >= 15 is 0 Å². The number of fused-ring (bicyclic) bond motifs is 4. The first-order valence-corrected chi connectivity index (χ1v) is 48.1. The zero-order valence-corrected chi connectivity index (χ0v) is 73.3. The number of carbonyl (C=O) groups excluding carboxylic acids is 2. The number of nitrogens with zero attached hydrogens (tertiary/aromatic N) is 6. The van der Waals surface area contributed by atoms with Gasteiger partial charge in [-0.25, -0.2) is 4.79 Å². The van der Waals surface area contributed by atoms with Gasteiger partial charge in [0.1, 0.15) is 11.4 Å². The fourth-order valence-electron chi connectivity index (χ4n) is 19.0. The molecule has 0 atom stereocenters. The molecule has 12 rings (SSSR count). The molecule has 1 saturated heterocycles. The van der Waals surface area contributed by atoms with Crippen LogP contribution in [0, 0.1) is 30.3 Å². The number of benzene rings is 4. The van der Waals surface area contributed by atoms with Crippen molar-refractivity contribution in [1.29, 1.82) is 0 Å². The van der Waals surface area contributed by atoms with Crippen LogP contribution >= 0.6 is 11.1 Å². The van der Waals surface area contributed by atoms with Crippen LogP contribution in [0.1, 0.15) is 264 Å². The number of ketones is 1. The van der Waals surface area contributed by atoms with E-state index in [1.54, 1.807) is 40.9 Å². The predicted molar refractivity (Wildman–Crippen MR) is 465 cm³/mol. The summed E-state index contributed by atoms with van der Waals surface area (Å²) in [4.78, 5) is 61.7. The number of amides is 1. The molecule has 5 heterocycles. The Kier molecular flexibility index (Phi) is 31.3. The Bertz CT molecular complexity index is 4390. The topological polar surface area (TPSA) is 243 Å². The minimum atomic E-state index is -2.00. The number of H-pyrrole nitrogens is 2. The number of rotatable bonds is 17. The van der Waals surface area contributed by atoms with E-state index in [1.807, 2.05) is 51.2 Å². The molecule has 0 unspecified atom stereocenters. The van der Waals surface area contributed by atoms with Crippen molar-refractivity contribution in [3.8, 4) is 0 Å². The summed E-state index contributed by atoms with van der Waals surface area (Å²) in [5, 5.41) is 37.3. The van der Waals surface area contributed by atoms with Crippen LogP contribution in [0.5, 0.6) is 0 Å². The molecular formula is C87H130ClN9O9Si3. The molecule has 8 aromatic rings. The van der Waals surface area contributed by atoms with Crippen LogP contribution in [0.25, 0.3) is 54.8 Å². The van der Waals surface area contributed by atoms with Gasteiger partial charge in [0, 0.05) is 125 Å². The number of non-ortho nitro benzene ring substituents is 3. The Morgan fingerprint density at radius 3 is 1.43 bits per heavy atom. The van der Waals surface area contributed by atoms with Crippen LogP contribution in [0.3, 0.4) is 0 Å². The van der Waals surface area contributed by atoms with Crippen molar-refractivity contribution in [2.45, 2.75) is 303 Å². The van der Waals surface area contributed by atoms with E-state index < -0.39 is 34.4 Å². The van der Waals surface area contributed by atoms with E-state index in [4.69, 9.17) is 21.5 Å². The van der Waals surface area contributed by atoms with Crippen LogP contribution in [0.15, 0.2) is 116 Å². The van der Waals surface area contributed by atoms with Gasteiger partial charge >= 0.3 is 6.09 Å². The smallest absolute Gasteiger partial charge is 0.410 e. The highest BCUT2D eigenvalue weighted by Crippen LogP contribution is 2.50. The van der Waals surface area contributed by atoms with E-state index in [0.29, 0.717) is 75.8 Å². The van der Waals surface area contributed by atoms with Gasteiger partial charge in [-0.05, 0) is 205 Å². The minimum Gasteiger partial charge on any atom is -0.444 e. The fourth-order valence-corrected chi connectivity index (χ4v) is 36.2. The Hall–Kier alpha value is -7.60. The van der Waals surface area contributed by atoms with Crippen LogP contribution in [0.4, 0.5) is 27.5 Å². The van der Waals surface area contributed by atoms with E-state index in [-0.39, 0.29) is 38.8 Å². The van der Waals surface area contributed by atoms with E-state index in [2.05, 4.69) is 186 Å². The lowest BCUT2D eigenvalue weighted by Gasteiger charge is -2.44. The Morgan fingerprint density at radius 1 is 0.523 bits per heavy atom. The van der Waals surface area contributed by atoms with E-state index in [0.717, 1.165) is 64.6 Å². The number of nitrogens with two attached hydrogens (primary N) is 1. The standard InChI is InChI=1S/C23H34N2O2Si.C23H38N2Si.C14H14N2O2.C10H17NO3.C9H21ClSi.C8H6N2O2/c1-16(2)28(17(3)4,18(5)6)24-15-22(19-10-8-7-9-11-19)21-13-12-20(25(26)27)14-23(21)24;1-16(2)26(17(3)4,18(5)6)25-15-22(19-10-8-7-9-11-19)21-13-12-20(24)14-23(21)25;17-16(18)11-6-7-12-13(9-15-14(12)8-11)10-4-2-1-3-5-10;1-10(2,3)14-9(13)11-6-4-8(12)5-7-11;1-7(2)11(10,8(3)4)9(5)6;11-10(12)7-2-1-6-3-4-9-8(6)5-7/h10,12-18H,7-9,11H2,1-6H3;12-19H,7-11,24H2,1-6H3;4,6-9,15H,1-3,5H2;4-7H2,1-3H3;7-9H,1-6H3;1-5,9H. The van der Waals surface area contributed by atoms with Gasteiger partial charge in [0.15, 0.2) is 23.9 Å². The number of aromatic nitrogens is 4. The number of anilines is 1. The number of nitro benzene ring substituents is 3. The Balaban J connectivity index is 0.000000188. The van der Waals surface area contributed by atoms with Gasteiger partial charge in [-0.3, -0.25) is 35.1 Å². The molecule has 4 aliphatic rings. The van der Waals surface area contributed by atoms with Crippen molar-refractivity contribution in [2.75, 3.05) is 18.8 Å². The maximum absolute atomic E-state index is 11.5. The summed E-state index contributed by atoms with van der Waals surface area (Å²) in [7, 11) is -5.28. The molecule has 2 fully saturated rings. The average molecular weight is 1570 g/mol. The SMILES string of the molecule is CC(C)(C)OC(=O)N1CCC(=O)CC1.CC(C)[Si](C(C)C)(C(C)C)n1cc(C2=CCCCC2)c2ccc([N+](=O)[O-])cc21.CC(C)[Si](C(C)C)(C(C)C)n1cc(C2CCCCC2)c2ccc(N)cc21.CC(C)[Si](Cl)(C(C)C)C(C)C.O=[N+]([O-])c1ccc2c(C3=CCCCC3)c[nH]c2c1.O=[N+]([O-])c1ccc2cc[nH]c2c1. The molecule has 109 heavy (non-hydrogen) atoms. The quantitative estimate of drug-likeness (QED) is 0.0256. The third-order valence-corrected chi connectivity index (χ3v) is 46.6. The normalized spacial score (nSPS) is 15.6. The number of nitro groups is 3. The second-order valence-corrected chi connectivity index (χ2v) is 53.1. The maximum atomic E-state index is 11.5. The monoisotopic (exact) mass is 1560 g/mol. The van der Waals surface area contributed by atoms with Gasteiger partial charge in [-0.1, -0.05) is 162 Å². The van der Waals surface area contributed by atoms with Gasteiger partial charge in [0.05, 0.1) is 25.8 Å². The number of ether oxygens (including phenoxy) is 1. The molecular weight excluding hydrogens is 1430 g/mol. The lowest BCUT2D eigenvalue weighted by Crippen LogP contribution is -2.51. The van der Waals surface area contributed by atoms with Gasteiger partial charge < -0.3 is 33.8 Å². The minimum absolute atomic E-state index is 0.116. The first-order chi connectivity index (χ1) is 51.2. The number of aromatic amines is 2. The Morgan fingerprint density at radius 2 is 0.972 bits per heavy atom. The number of likely N-dealkylation sites (tertiary alicyclic amines) is 1. The van der Waals surface area contributed by atoms with Gasteiger partial charge in [0.2, 0.25) is 0 Å². The molecule has 4 N–H and O–H groups in total. The number of hydrogen-bond donors (Lipinski definition) is 3. The van der Waals surface area contributed by atoms with Crippen molar-refractivity contribution in [1.82, 2.24) is 23.3 Å². The number of hydrogen-bond acceptors (Lipinski definition) is 10. The van der Waals surface area contributed by atoms with Gasteiger partial charge in [0.25, 0.3) is 17.1 Å². The van der Waals surface area contributed by atoms with Crippen molar-refractivity contribution >= 4 is 124 Å². The predicted octanol–water partition coefficient (Wildman–Crippen LogP) is 26.9. The third kappa shape index (κ3) is 20.8. The number of nitrogens with one attached hydrogen (secondary N) is 2. The van der Waals surface area contributed by atoms with Crippen molar-refractivity contribution in [3.63, 3.8) is 0 Å². The number of halogens is 1. The molecule has 0 radical (unpaired) electrons. The lowest BCUT2D eigenvalue weighted by molar-refractivity contribution is -0.384. The fraction of sp³-hybridized carbons (Fsp3) is 0.563. The summed E-state index contributed by atoms with van der Waals surface area (Å²) < 4.78 is 10.5. The molecule has 1 amide bonds. The molecule has 3 aliphatic carbocycles. The molecule has 1 aliphatic heterocycles. The summed E-state index contributed by atoms with van der Waals surface area (Å²) in [6, 6.07) is 23.7. The number of allylic oxidation sites excluding steroid dienone is 4. The average Bonchev–Trinajstić information content (AvgIpc) is 1.60. The second kappa shape index (κ2) is 38.6. The first kappa shape index (κ1) is 88.6.